The normalized spacial score (nSPS) is 10.3. The van der Waals surface area contributed by atoms with E-state index in [4.69, 9.17) is 4.74 Å². The standard InChI is InChI=1S/C8H7NOSe/c1-10-7-2-3-8-6(4-7)5-11-9-8/h2-5H,1H3. The van der Waals surface area contributed by atoms with Crippen molar-refractivity contribution in [2.24, 2.45) is 0 Å². The number of benzene rings is 1. The zero-order valence-corrected chi connectivity index (χ0v) is 7.79. The number of rotatable bonds is 1. The molecule has 1 aromatic heterocycles. The van der Waals surface area contributed by atoms with Crippen LogP contribution < -0.4 is 4.74 Å². The molecule has 56 valence electrons. The van der Waals surface area contributed by atoms with Crippen LogP contribution in [0, 0.1) is 0 Å². The van der Waals surface area contributed by atoms with Gasteiger partial charge in [-0.25, -0.2) is 0 Å². The molecule has 0 unspecified atom stereocenters. The van der Waals surface area contributed by atoms with E-state index in [1.807, 2.05) is 18.2 Å². The van der Waals surface area contributed by atoms with E-state index in [0.717, 1.165) is 11.3 Å². The third kappa shape index (κ3) is 1.17. The fraction of sp³-hybridized carbons (Fsp3) is 0.125. The summed E-state index contributed by atoms with van der Waals surface area (Å²) in [6, 6.07) is 5.96. The van der Waals surface area contributed by atoms with E-state index in [1.54, 1.807) is 7.11 Å². The van der Waals surface area contributed by atoms with Gasteiger partial charge in [-0.3, -0.25) is 0 Å². The van der Waals surface area contributed by atoms with Crippen LogP contribution in [0.25, 0.3) is 10.9 Å². The van der Waals surface area contributed by atoms with Crippen molar-refractivity contribution in [3.8, 4) is 5.75 Å². The Hall–Kier alpha value is -0.791. The molecule has 11 heavy (non-hydrogen) atoms. The molecule has 1 heterocycles. The van der Waals surface area contributed by atoms with E-state index < -0.39 is 0 Å². The van der Waals surface area contributed by atoms with Crippen molar-refractivity contribution >= 4 is 25.6 Å². The van der Waals surface area contributed by atoms with Crippen LogP contribution in [-0.4, -0.2) is 25.8 Å². The Bertz CT molecular complexity index is 369. The zero-order chi connectivity index (χ0) is 7.68. The summed E-state index contributed by atoms with van der Waals surface area (Å²) in [6.07, 6.45) is 0. The van der Waals surface area contributed by atoms with E-state index in [2.05, 4.69) is 8.92 Å². The van der Waals surface area contributed by atoms with Crippen molar-refractivity contribution in [1.82, 2.24) is 3.98 Å². The van der Waals surface area contributed by atoms with E-state index >= 15 is 0 Å². The predicted molar refractivity (Wildman–Crippen MR) is 45.2 cm³/mol. The van der Waals surface area contributed by atoms with Gasteiger partial charge in [0.25, 0.3) is 0 Å². The molecule has 2 aromatic rings. The minimum absolute atomic E-state index is 0.314. The van der Waals surface area contributed by atoms with Gasteiger partial charge in [-0.1, -0.05) is 0 Å². The van der Waals surface area contributed by atoms with Crippen molar-refractivity contribution in [1.29, 1.82) is 0 Å². The molecular weight excluding hydrogens is 205 g/mol. The van der Waals surface area contributed by atoms with Crippen molar-refractivity contribution in [2.45, 2.75) is 0 Å². The van der Waals surface area contributed by atoms with Crippen molar-refractivity contribution in [3.63, 3.8) is 0 Å². The fourth-order valence-corrected chi connectivity index (χ4v) is 2.31. The van der Waals surface area contributed by atoms with Crippen LogP contribution in [0.4, 0.5) is 0 Å². The van der Waals surface area contributed by atoms with Gasteiger partial charge < -0.3 is 0 Å². The van der Waals surface area contributed by atoms with Gasteiger partial charge in [0.1, 0.15) is 0 Å². The monoisotopic (exact) mass is 213 g/mol. The first-order chi connectivity index (χ1) is 5.40. The second-order valence-electron chi connectivity index (χ2n) is 2.24. The summed E-state index contributed by atoms with van der Waals surface area (Å²) in [6.45, 7) is 0. The van der Waals surface area contributed by atoms with Crippen LogP contribution in [0.15, 0.2) is 23.1 Å². The van der Waals surface area contributed by atoms with Crippen LogP contribution in [0.3, 0.4) is 0 Å². The van der Waals surface area contributed by atoms with E-state index in [-0.39, 0.29) is 0 Å². The zero-order valence-electron chi connectivity index (χ0n) is 6.07. The summed E-state index contributed by atoms with van der Waals surface area (Å²) in [5, 5.41) is 1.21. The Morgan fingerprint density at radius 2 is 2.36 bits per heavy atom. The summed E-state index contributed by atoms with van der Waals surface area (Å²) >= 11 is 0.314. The molecule has 0 saturated carbocycles. The third-order valence-corrected chi connectivity index (χ3v) is 2.95. The first kappa shape index (κ1) is 6.89. The summed E-state index contributed by atoms with van der Waals surface area (Å²) in [5.74, 6) is 0.910. The number of ether oxygens (including phenoxy) is 1. The van der Waals surface area contributed by atoms with Crippen molar-refractivity contribution < 1.29 is 4.74 Å². The maximum atomic E-state index is 5.08. The Labute approximate surface area is 70.8 Å². The van der Waals surface area contributed by atoms with Crippen molar-refractivity contribution in [2.75, 3.05) is 7.11 Å². The van der Waals surface area contributed by atoms with Gasteiger partial charge in [0, 0.05) is 0 Å². The van der Waals surface area contributed by atoms with E-state index in [9.17, 15) is 0 Å². The van der Waals surface area contributed by atoms with Crippen LogP contribution in [0.5, 0.6) is 5.75 Å². The van der Waals surface area contributed by atoms with Crippen LogP contribution >= 0.6 is 0 Å². The topological polar surface area (TPSA) is 22.1 Å². The second-order valence-corrected chi connectivity index (χ2v) is 3.56. The number of hydrogen-bond donors (Lipinski definition) is 0. The third-order valence-electron chi connectivity index (χ3n) is 1.57. The predicted octanol–water partition coefficient (Wildman–Crippen LogP) is 1.30. The van der Waals surface area contributed by atoms with Crippen molar-refractivity contribution in [3.05, 3.63) is 23.1 Å². The second kappa shape index (κ2) is 2.68. The molecule has 0 fully saturated rings. The molecule has 0 N–H and O–H groups in total. The van der Waals surface area contributed by atoms with Gasteiger partial charge in [0.05, 0.1) is 0 Å². The average Bonchev–Trinajstić information content (AvgIpc) is 2.50. The molecule has 0 aliphatic rings. The number of fused-ring (bicyclic) bond motifs is 1. The van der Waals surface area contributed by atoms with Crippen LogP contribution in [0.2, 0.25) is 0 Å². The Morgan fingerprint density at radius 3 is 3.18 bits per heavy atom. The molecule has 0 radical (unpaired) electrons. The molecule has 0 amide bonds. The first-order valence-corrected chi connectivity index (χ1v) is 5.04. The fourth-order valence-electron chi connectivity index (χ4n) is 0.977. The van der Waals surface area contributed by atoms with Gasteiger partial charge in [-0.05, 0) is 0 Å². The Morgan fingerprint density at radius 1 is 1.45 bits per heavy atom. The SMILES string of the molecule is COc1ccc2n[se]cc2c1. The van der Waals surface area contributed by atoms with Crippen LogP contribution in [0.1, 0.15) is 0 Å². The molecule has 2 nitrogen and oxygen atoms in total. The molecule has 0 spiro atoms. The molecule has 0 saturated heterocycles. The number of methoxy groups -OCH3 is 1. The van der Waals surface area contributed by atoms with Gasteiger partial charge in [0.15, 0.2) is 0 Å². The average molecular weight is 212 g/mol. The molecule has 0 bridgehead atoms. The Kier molecular flexibility index (Phi) is 1.68. The summed E-state index contributed by atoms with van der Waals surface area (Å²) < 4.78 is 9.41. The molecular formula is C8H7NOSe. The summed E-state index contributed by atoms with van der Waals surface area (Å²) in [7, 11) is 1.68. The minimum atomic E-state index is 0.314. The number of nitrogens with zero attached hydrogens (tertiary/aromatic N) is 1. The van der Waals surface area contributed by atoms with Gasteiger partial charge in [-0.15, -0.1) is 0 Å². The van der Waals surface area contributed by atoms with Gasteiger partial charge in [0.2, 0.25) is 0 Å². The molecule has 2 rings (SSSR count). The molecule has 0 atom stereocenters. The maximum absolute atomic E-state index is 5.08. The molecule has 3 heteroatoms. The molecule has 0 aliphatic heterocycles. The van der Waals surface area contributed by atoms with Gasteiger partial charge >= 0.3 is 70.4 Å². The van der Waals surface area contributed by atoms with Crippen LogP contribution in [-0.2, 0) is 0 Å². The quantitative estimate of drug-likeness (QED) is 0.664. The molecule has 1 aromatic carbocycles. The Balaban J connectivity index is 2.67. The van der Waals surface area contributed by atoms with Gasteiger partial charge in [-0.2, -0.15) is 0 Å². The number of hydrogen-bond acceptors (Lipinski definition) is 2. The van der Waals surface area contributed by atoms with E-state index in [1.165, 1.54) is 5.39 Å². The van der Waals surface area contributed by atoms with E-state index in [0.29, 0.717) is 14.7 Å². The summed E-state index contributed by atoms with van der Waals surface area (Å²) in [5.41, 5.74) is 1.10. The first-order valence-electron chi connectivity index (χ1n) is 3.28. The summed E-state index contributed by atoms with van der Waals surface area (Å²) in [4.78, 5) is 2.16. The number of aromatic nitrogens is 1. The molecule has 0 aliphatic carbocycles.